The first-order valence-corrected chi connectivity index (χ1v) is 14.0. The molecule has 1 aromatic carbocycles. The highest BCUT2D eigenvalue weighted by atomic mass is 32.1. The molecule has 1 saturated carbocycles. The predicted octanol–water partition coefficient (Wildman–Crippen LogP) is 3.01. The Bertz CT molecular complexity index is 1320. The van der Waals surface area contributed by atoms with E-state index < -0.39 is 53.0 Å². The van der Waals surface area contributed by atoms with Crippen LogP contribution in [0.4, 0.5) is 4.39 Å². The van der Waals surface area contributed by atoms with Gasteiger partial charge in [-0.3, -0.25) is 19.2 Å². The summed E-state index contributed by atoms with van der Waals surface area (Å²) in [6.07, 6.45) is -0.458. The van der Waals surface area contributed by atoms with Crippen molar-refractivity contribution in [2.45, 2.75) is 84.3 Å². The SMILES string of the molecule is CC(=O)O[C@@H]1C[C@@H](C(=O)NCc2ccc(-c3scnc3C)cc2O)N(C(=O)[C@@H](NC(=O)C2(F)CC2)C(C)(C)C)C1. The zero-order chi connectivity index (χ0) is 29.4. The van der Waals surface area contributed by atoms with E-state index in [1.54, 1.807) is 38.4 Å². The molecule has 3 atom stereocenters. The number of ether oxygens (including phenoxy) is 1. The lowest BCUT2D eigenvalue weighted by molar-refractivity contribution is -0.147. The zero-order valence-corrected chi connectivity index (χ0v) is 24.1. The maximum Gasteiger partial charge on any atom is 0.302 e. The fourth-order valence-electron chi connectivity index (χ4n) is 4.76. The molecule has 1 aliphatic carbocycles. The Morgan fingerprint density at radius 3 is 2.52 bits per heavy atom. The number of thiazole rings is 1. The summed E-state index contributed by atoms with van der Waals surface area (Å²) in [5, 5.41) is 15.9. The molecular formula is C28H35FN4O6S. The summed E-state index contributed by atoms with van der Waals surface area (Å²) in [7, 11) is 0. The molecule has 216 valence electrons. The van der Waals surface area contributed by atoms with Gasteiger partial charge in [-0.15, -0.1) is 11.3 Å². The Hall–Kier alpha value is -3.54. The summed E-state index contributed by atoms with van der Waals surface area (Å²) in [5.74, 6) is -2.46. The normalized spacial score (nSPS) is 20.5. The van der Waals surface area contributed by atoms with Gasteiger partial charge >= 0.3 is 5.97 Å². The minimum absolute atomic E-state index is 0.00141. The van der Waals surface area contributed by atoms with Crippen LogP contribution in [0.15, 0.2) is 23.7 Å². The van der Waals surface area contributed by atoms with Gasteiger partial charge in [0, 0.05) is 25.5 Å². The summed E-state index contributed by atoms with van der Waals surface area (Å²) >= 11 is 1.46. The number of phenols is 1. The zero-order valence-electron chi connectivity index (χ0n) is 23.2. The molecule has 3 N–H and O–H groups in total. The molecule has 0 bridgehead atoms. The van der Waals surface area contributed by atoms with Gasteiger partial charge in [0.1, 0.15) is 23.9 Å². The molecule has 1 saturated heterocycles. The molecule has 1 aliphatic heterocycles. The van der Waals surface area contributed by atoms with Gasteiger partial charge in [0.15, 0.2) is 5.67 Å². The molecule has 2 fully saturated rings. The molecular weight excluding hydrogens is 539 g/mol. The number of benzene rings is 1. The van der Waals surface area contributed by atoms with Crippen molar-refractivity contribution < 1.29 is 33.4 Å². The van der Waals surface area contributed by atoms with Crippen LogP contribution < -0.4 is 10.6 Å². The van der Waals surface area contributed by atoms with Crippen molar-refractivity contribution in [2.75, 3.05) is 6.54 Å². The van der Waals surface area contributed by atoms with Crippen molar-refractivity contribution in [3.63, 3.8) is 0 Å². The third-order valence-corrected chi connectivity index (χ3v) is 8.19. The van der Waals surface area contributed by atoms with E-state index in [0.29, 0.717) is 5.56 Å². The average Bonchev–Trinajstić information content (AvgIpc) is 3.27. The Morgan fingerprint density at radius 2 is 1.98 bits per heavy atom. The van der Waals surface area contributed by atoms with Gasteiger partial charge in [-0.1, -0.05) is 32.9 Å². The molecule has 40 heavy (non-hydrogen) atoms. The lowest BCUT2D eigenvalue weighted by atomic mass is 9.85. The van der Waals surface area contributed by atoms with Crippen molar-refractivity contribution in [2.24, 2.45) is 5.41 Å². The highest BCUT2D eigenvalue weighted by molar-refractivity contribution is 7.13. The molecule has 3 amide bonds. The number of likely N-dealkylation sites (tertiary alicyclic amines) is 1. The molecule has 0 radical (unpaired) electrons. The van der Waals surface area contributed by atoms with Gasteiger partial charge in [0.05, 0.1) is 22.6 Å². The maximum absolute atomic E-state index is 14.4. The number of esters is 1. The van der Waals surface area contributed by atoms with Crippen LogP contribution in [-0.4, -0.2) is 69.1 Å². The minimum atomic E-state index is -1.97. The number of rotatable bonds is 8. The van der Waals surface area contributed by atoms with E-state index in [9.17, 15) is 28.7 Å². The van der Waals surface area contributed by atoms with Crippen LogP contribution >= 0.6 is 11.3 Å². The van der Waals surface area contributed by atoms with Gasteiger partial charge in [-0.2, -0.15) is 0 Å². The maximum atomic E-state index is 14.4. The summed E-state index contributed by atoms with van der Waals surface area (Å²) < 4.78 is 19.7. The number of nitrogens with zero attached hydrogens (tertiary/aromatic N) is 2. The summed E-state index contributed by atoms with van der Waals surface area (Å²) in [4.78, 5) is 57.7. The number of hydrogen-bond acceptors (Lipinski definition) is 8. The number of alkyl halides is 1. The van der Waals surface area contributed by atoms with Crippen LogP contribution in [0.3, 0.4) is 0 Å². The first kappa shape index (κ1) is 29.4. The Morgan fingerprint density at radius 1 is 1.27 bits per heavy atom. The average molecular weight is 575 g/mol. The molecule has 12 heteroatoms. The van der Waals surface area contributed by atoms with E-state index in [4.69, 9.17) is 4.74 Å². The first-order valence-electron chi connectivity index (χ1n) is 13.2. The van der Waals surface area contributed by atoms with E-state index in [0.717, 1.165) is 16.1 Å². The van der Waals surface area contributed by atoms with Gasteiger partial charge in [-0.05, 0) is 36.8 Å². The summed E-state index contributed by atoms with van der Waals surface area (Å²) in [6.45, 7) is 8.29. The highest BCUT2D eigenvalue weighted by Gasteiger charge is 2.53. The standard InChI is InChI=1S/C28H35FN4O6S/c1-15-22(40-14-31-15)17-6-7-18(21(35)10-17)12-30-24(36)20-11-19(39-16(2)34)13-33(20)25(37)23(27(3,4)5)32-26(38)28(29)8-9-28/h6-7,10,14,19-20,23,35H,8-9,11-13H2,1-5H3,(H,30,36)(H,32,38)/t19-,20+,23-/m1/s1. The molecule has 2 heterocycles. The summed E-state index contributed by atoms with van der Waals surface area (Å²) in [5.41, 5.74) is 1.10. The third-order valence-electron chi connectivity index (χ3n) is 7.21. The number of aryl methyl sites for hydroxylation is 1. The van der Waals surface area contributed by atoms with Gasteiger partial charge < -0.3 is 25.4 Å². The molecule has 0 spiro atoms. The predicted molar refractivity (Wildman–Crippen MR) is 146 cm³/mol. The quantitative estimate of drug-likeness (QED) is 0.412. The number of aromatic hydroxyl groups is 1. The number of phenolic OH excluding ortho intramolecular Hbond substituents is 1. The number of carbonyl (C=O) groups is 4. The fourth-order valence-corrected chi connectivity index (χ4v) is 5.56. The second kappa shape index (κ2) is 11.1. The fraction of sp³-hybridized carbons (Fsp3) is 0.536. The highest BCUT2D eigenvalue weighted by Crippen LogP contribution is 2.40. The van der Waals surface area contributed by atoms with Crippen LogP contribution in [0.5, 0.6) is 5.75 Å². The number of hydrogen-bond donors (Lipinski definition) is 3. The van der Waals surface area contributed by atoms with Crippen molar-refractivity contribution in [3.05, 3.63) is 35.0 Å². The molecule has 10 nitrogen and oxygen atoms in total. The number of aromatic nitrogens is 1. The lowest BCUT2D eigenvalue weighted by Crippen LogP contribution is -2.59. The lowest BCUT2D eigenvalue weighted by Gasteiger charge is -2.35. The Labute approximate surface area is 236 Å². The number of amides is 3. The van der Waals surface area contributed by atoms with Crippen LogP contribution in [0.2, 0.25) is 0 Å². The van der Waals surface area contributed by atoms with Crippen LogP contribution in [0.25, 0.3) is 10.4 Å². The van der Waals surface area contributed by atoms with E-state index in [-0.39, 0.29) is 38.1 Å². The number of halogens is 1. The second-order valence-electron chi connectivity index (χ2n) is 11.5. The molecule has 2 aromatic rings. The van der Waals surface area contributed by atoms with Crippen molar-refractivity contribution in [1.82, 2.24) is 20.5 Å². The van der Waals surface area contributed by atoms with Gasteiger partial charge in [0.25, 0.3) is 5.91 Å². The van der Waals surface area contributed by atoms with Gasteiger partial charge in [-0.25, -0.2) is 9.37 Å². The third kappa shape index (κ3) is 6.43. The van der Waals surface area contributed by atoms with E-state index in [1.165, 1.54) is 23.2 Å². The van der Waals surface area contributed by atoms with Crippen LogP contribution in [-0.2, 0) is 30.5 Å². The number of carbonyl (C=O) groups excluding carboxylic acids is 4. The summed E-state index contributed by atoms with van der Waals surface area (Å²) in [6, 6.07) is 3.04. The van der Waals surface area contributed by atoms with Crippen molar-refractivity contribution in [1.29, 1.82) is 0 Å². The van der Waals surface area contributed by atoms with Crippen LogP contribution in [0, 0.1) is 12.3 Å². The Balaban J connectivity index is 1.50. The molecule has 2 aliphatic rings. The second-order valence-corrected chi connectivity index (χ2v) is 12.4. The van der Waals surface area contributed by atoms with Gasteiger partial charge in [0.2, 0.25) is 11.8 Å². The molecule has 0 unspecified atom stereocenters. The Kier molecular flexibility index (Phi) is 8.21. The molecule has 1 aromatic heterocycles. The largest absolute Gasteiger partial charge is 0.508 e. The van der Waals surface area contributed by atoms with E-state index >= 15 is 0 Å². The van der Waals surface area contributed by atoms with Crippen LogP contribution in [0.1, 0.15) is 58.2 Å². The van der Waals surface area contributed by atoms with E-state index in [2.05, 4.69) is 15.6 Å². The number of nitrogens with one attached hydrogen (secondary N) is 2. The first-order chi connectivity index (χ1) is 18.7. The monoisotopic (exact) mass is 574 g/mol. The smallest absolute Gasteiger partial charge is 0.302 e. The molecule has 4 rings (SSSR count). The van der Waals surface area contributed by atoms with E-state index in [1.807, 2.05) is 13.0 Å². The topological polar surface area (TPSA) is 138 Å². The minimum Gasteiger partial charge on any atom is -0.508 e. The van der Waals surface area contributed by atoms with Crippen molar-refractivity contribution >= 4 is 35.0 Å². The van der Waals surface area contributed by atoms with Crippen molar-refractivity contribution in [3.8, 4) is 16.2 Å².